The smallest absolute Gasteiger partial charge is 0.254 e. The lowest BCUT2D eigenvalue weighted by molar-refractivity contribution is 0.0303. The number of carbonyl (C=O) groups excluding carboxylic acids is 1. The number of nitrogens with zero attached hydrogens (tertiary/aromatic N) is 1. The fourth-order valence-electron chi connectivity index (χ4n) is 2.36. The Balaban J connectivity index is 2.24. The minimum absolute atomic E-state index is 0.0190. The van der Waals surface area contributed by atoms with Crippen LogP contribution < -0.4 is 0 Å². The van der Waals surface area contributed by atoms with Crippen molar-refractivity contribution in [2.24, 2.45) is 5.92 Å². The third-order valence-electron chi connectivity index (χ3n) is 4.06. The van der Waals surface area contributed by atoms with E-state index < -0.39 is 0 Å². The molecule has 0 bridgehead atoms. The van der Waals surface area contributed by atoms with Gasteiger partial charge >= 0.3 is 0 Å². The zero-order valence-corrected chi connectivity index (χ0v) is 12.4. The number of phenolic OH excluding ortho intramolecular Hbond substituents is 1. The van der Waals surface area contributed by atoms with E-state index in [0.29, 0.717) is 37.8 Å². The first-order valence-corrected chi connectivity index (χ1v) is 7.20. The van der Waals surface area contributed by atoms with Crippen molar-refractivity contribution < 1.29 is 14.6 Å². The van der Waals surface area contributed by atoms with Crippen molar-refractivity contribution in [2.75, 3.05) is 26.3 Å². The van der Waals surface area contributed by atoms with Crippen LogP contribution in [0.3, 0.4) is 0 Å². The minimum Gasteiger partial charge on any atom is -0.508 e. The zero-order valence-electron chi connectivity index (χ0n) is 12.4. The van der Waals surface area contributed by atoms with Gasteiger partial charge in [-0.1, -0.05) is 20.8 Å². The van der Waals surface area contributed by atoms with Crippen LogP contribution in [0, 0.1) is 5.92 Å². The van der Waals surface area contributed by atoms with Gasteiger partial charge < -0.3 is 14.7 Å². The van der Waals surface area contributed by atoms with Crippen LogP contribution in [0.1, 0.15) is 42.6 Å². The number of rotatable bonds is 3. The average Bonchev–Trinajstić information content (AvgIpc) is 2.47. The van der Waals surface area contributed by atoms with E-state index in [0.717, 1.165) is 5.56 Å². The second-order valence-corrected chi connectivity index (χ2v) is 5.71. The normalized spacial score (nSPS) is 17.3. The van der Waals surface area contributed by atoms with Gasteiger partial charge in [-0.3, -0.25) is 4.79 Å². The summed E-state index contributed by atoms with van der Waals surface area (Å²) in [6.45, 7) is 8.76. The van der Waals surface area contributed by atoms with Crippen molar-refractivity contribution in [3.8, 4) is 5.75 Å². The fourth-order valence-corrected chi connectivity index (χ4v) is 2.36. The third kappa shape index (κ3) is 3.12. The van der Waals surface area contributed by atoms with Gasteiger partial charge in [-0.25, -0.2) is 0 Å². The molecule has 0 radical (unpaired) electrons. The highest BCUT2D eigenvalue weighted by molar-refractivity contribution is 5.94. The van der Waals surface area contributed by atoms with Gasteiger partial charge in [-0.2, -0.15) is 0 Å². The molecule has 2 rings (SSSR count). The highest BCUT2D eigenvalue weighted by Crippen LogP contribution is 2.31. The number of amides is 1. The van der Waals surface area contributed by atoms with E-state index in [1.165, 1.54) is 0 Å². The molecule has 0 aromatic heterocycles. The highest BCUT2D eigenvalue weighted by Gasteiger charge is 2.21. The lowest BCUT2D eigenvalue weighted by Gasteiger charge is -2.27. The van der Waals surface area contributed by atoms with Gasteiger partial charge in [-0.05, 0) is 35.6 Å². The summed E-state index contributed by atoms with van der Waals surface area (Å²) in [7, 11) is 0. The van der Waals surface area contributed by atoms with Gasteiger partial charge in [0.2, 0.25) is 0 Å². The predicted molar refractivity (Wildman–Crippen MR) is 78.1 cm³/mol. The van der Waals surface area contributed by atoms with Gasteiger partial charge in [0.05, 0.1) is 13.2 Å². The molecule has 20 heavy (non-hydrogen) atoms. The molecule has 1 amide bonds. The second-order valence-electron chi connectivity index (χ2n) is 5.71. The Morgan fingerprint density at radius 3 is 2.50 bits per heavy atom. The van der Waals surface area contributed by atoms with E-state index >= 15 is 0 Å². The summed E-state index contributed by atoms with van der Waals surface area (Å²) in [5.41, 5.74) is 1.49. The number of phenols is 1. The van der Waals surface area contributed by atoms with Crippen LogP contribution in [0.2, 0.25) is 0 Å². The van der Waals surface area contributed by atoms with E-state index in [4.69, 9.17) is 4.74 Å². The Hall–Kier alpha value is -1.55. The minimum atomic E-state index is 0.0190. The van der Waals surface area contributed by atoms with Gasteiger partial charge in [0.15, 0.2) is 0 Å². The molecule has 1 aromatic carbocycles. The molecule has 1 atom stereocenters. The van der Waals surface area contributed by atoms with Crippen LogP contribution in [0.5, 0.6) is 5.75 Å². The monoisotopic (exact) mass is 277 g/mol. The molecule has 4 heteroatoms. The van der Waals surface area contributed by atoms with Crippen LogP contribution >= 0.6 is 0 Å². The molecule has 1 aromatic rings. The molecule has 1 fully saturated rings. The summed E-state index contributed by atoms with van der Waals surface area (Å²) in [6.07, 6.45) is 0. The maximum atomic E-state index is 12.4. The molecule has 1 N–H and O–H groups in total. The van der Waals surface area contributed by atoms with Crippen molar-refractivity contribution in [1.29, 1.82) is 0 Å². The van der Waals surface area contributed by atoms with Crippen LogP contribution in [0.4, 0.5) is 0 Å². The molecule has 0 saturated carbocycles. The van der Waals surface area contributed by atoms with Crippen molar-refractivity contribution in [3.63, 3.8) is 0 Å². The number of carbonyl (C=O) groups is 1. The Morgan fingerprint density at radius 2 is 1.90 bits per heavy atom. The first-order chi connectivity index (χ1) is 9.50. The molecular weight excluding hydrogens is 254 g/mol. The average molecular weight is 277 g/mol. The third-order valence-corrected chi connectivity index (χ3v) is 4.06. The molecule has 110 valence electrons. The molecule has 0 aliphatic carbocycles. The topological polar surface area (TPSA) is 49.8 Å². The van der Waals surface area contributed by atoms with E-state index in [1.54, 1.807) is 17.0 Å². The standard InChI is InChI=1S/C16H23NO3/c1-11(2)12(3)14-10-13(4-5-15(14)18)16(19)17-6-8-20-9-7-17/h4-5,10-12,18H,6-9H2,1-3H3. The summed E-state index contributed by atoms with van der Waals surface area (Å²) in [4.78, 5) is 14.2. The van der Waals surface area contributed by atoms with Gasteiger partial charge in [0, 0.05) is 18.7 Å². The van der Waals surface area contributed by atoms with Crippen LogP contribution in [-0.2, 0) is 4.74 Å². The second kappa shape index (κ2) is 6.27. The number of morpholine rings is 1. The van der Waals surface area contributed by atoms with Crippen LogP contribution in [-0.4, -0.2) is 42.2 Å². The lowest BCUT2D eigenvalue weighted by Crippen LogP contribution is -2.40. The molecule has 0 spiro atoms. The van der Waals surface area contributed by atoms with Crippen LogP contribution in [0.15, 0.2) is 18.2 Å². The summed E-state index contributed by atoms with van der Waals surface area (Å²) < 4.78 is 5.26. The first kappa shape index (κ1) is 14.9. The van der Waals surface area contributed by atoms with Gasteiger partial charge in [0.25, 0.3) is 5.91 Å². The summed E-state index contributed by atoms with van der Waals surface area (Å²) in [6, 6.07) is 5.16. The maximum Gasteiger partial charge on any atom is 0.254 e. The molecule has 1 aliphatic heterocycles. The number of hydrogen-bond acceptors (Lipinski definition) is 3. The van der Waals surface area contributed by atoms with E-state index in [9.17, 15) is 9.90 Å². The highest BCUT2D eigenvalue weighted by atomic mass is 16.5. The fraction of sp³-hybridized carbons (Fsp3) is 0.562. The Bertz CT molecular complexity index is 479. The number of benzene rings is 1. The molecule has 1 heterocycles. The van der Waals surface area contributed by atoms with E-state index in [2.05, 4.69) is 20.8 Å². The predicted octanol–water partition coefficient (Wildman–Crippen LogP) is 2.62. The summed E-state index contributed by atoms with van der Waals surface area (Å²) in [5, 5.41) is 10.0. The molecule has 1 aliphatic rings. The van der Waals surface area contributed by atoms with Crippen molar-refractivity contribution in [3.05, 3.63) is 29.3 Å². The Labute approximate surface area is 120 Å². The summed E-state index contributed by atoms with van der Waals surface area (Å²) >= 11 is 0. The quantitative estimate of drug-likeness (QED) is 0.924. The SMILES string of the molecule is CC(C)C(C)c1cc(C(=O)N2CCOCC2)ccc1O. The largest absolute Gasteiger partial charge is 0.508 e. The van der Waals surface area contributed by atoms with Gasteiger partial charge in [-0.15, -0.1) is 0 Å². The zero-order chi connectivity index (χ0) is 14.7. The van der Waals surface area contributed by atoms with E-state index in [-0.39, 0.29) is 17.6 Å². The summed E-state index contributed by atoms with van der Waals surface area (Å²) in [5.74, 6) is 0.914. The Kier molecular flexibility index (Phi) is 4.65. The molecular formula is C16H23NO3. The molecule has 4 nitrogen and oxygen atoms in total. The Morgan fingerprint density at radius 1 is 1.25 bits per heavy atom. The number of hydrogen-bond donors (Lipinski definition) is 1. The number of aromatic hydroxyl groups is 1. The molecule has 1 saturated heterocycles. The first-order valence-electron chi connectivity index (χ1n) is 7.20. The lowest BCUT2D eigenvalue weighted by atomic mass is 9.88. The van der Waals surface area contributed by atoms with Crippen molar-refractivity contribution in [2.45, 2.75) is 26.7 Å². The van der Waals surface area contributed by atoms with Gasteiger partial charge in [0.1, 0.15) is 5.75 Å². The van der Waals surface area contributed by atoms with Crippen LogP contribution in [0.25, 0.3) is 0 Å². The molecule has 1 unspecified atom stereocenters. The maximum absolute atomic E-state index is 12.4. The number of ether oxygens (including phenoxy) is 1. The van der Waals surface area contributed by atoms with Crippen molar-refractivity contribution >= 4 is 5.91 Å². The van der Waals surface area contributed by atoms with Crippen molar-refractivity contribution in [1.82, 2.24) is 4.90 Å². The van der Waals surface area contributed by atoms with E-state index in [1.807, 2.05) is 6.07 Å².